The van der Waals surface area contributed by atoms with Gasteiger partial charge in [-0.15, -0.1) is 0 Å². The summed E-state index contributed by atoms with van der Waals surface area (Å²) in [5.74, 6) is 0.465. The number of nitrogens with one attached hydrogen (secondary N) is 1. The second-order valence-corrected chi connectivity index (χ2v) is 5.08. The molecule has 0 bridgehead atoms. The Hall–Kier alpha value is -2.41. The lowest BCUT2D eigenvalue weighted by Gasteiger charge is -2.21. The van der Waals surface area contributed by atoms with Gasteiger partial charge in [0.15, 0.2) is 5.82 Å². The Kier molecular flexibility index (Phi) is 4.65. The number of nitrogens with zero attached hydrogens (tertiary/aromatic N) is 4. The first kappa shape index (κ1) is 14.5. The van der Waals surface area contributed by atoms with Crippen molar-refractivity contribution in [3.63, 3.8) is 0 Å². The van der Waals surface area contributed by atoms with Gasteiger partial charge in [0.25, 0.3) is 5.91 Å². The second-order valence-electron chi connectivity index (χ2n) is 5.08. The lowest BCUT2D eigenvalue weighted by molar-refractivity contribution is 0.00940. The molecule has 114 valence electrons. The topological polar surface area (TPSA) is 89.9 Å². The first-order chi connectivity index (χ1) is 10.8. The van der Waals surface area contributed by atoms with E-state index in [0.29, 0.717) is 18.1 Å². The van der Waals surface area contributed by atoms with Crippen molar-refractivity contribution in [2.45, 2.75) is 31.9 Å². The molecule has 1 saturated heterocycles. The maximum Gasteiger partial charge on any atom is 0.270 e. The average molecular weight is 299 g/mol. The molecule has 1 atom stereocenters. The molecule has 7 heteroatoms. The van der Waals surface area contributed by atoms with E-state index in [1.807, 2.05) is 0 Å². The molecule has 3 rings (SSSR count). The van der Waals surface area contributed by atoms with E-state index in [2.05, 4.69) is 25.3 Å². The average Bonchev–Trinajstić information content (AvgIpc) is 2.61. The summed E-state index contributed by atoms with van der Waals surface area (Å²) >= 11 is 0. The first-order valence-corrected chi connectivity index (χ1v) is 7.29. The number of ether oxygens (including phenoxy) is 1. The summed E-state index contributed by atoms with van der Waals surface area (Å²) in [6.45, 7) is 1.12. The molecule has 0 radical (unpaired) electrons. The molecule has 1 aliphatic rings. The first-order valence-electron chi connectivity index (χ1n) is 7.29. The van der Waals surface area contributed by atoms with E-state index in [4.69, 9.17) is 4.74 Å². The lowest BCUT2D eigenvalue weighted by atomic mass is 10.1. The SMILES string of the molecule is O=C(NCc1cnc(C2CCCCO2)nc1)c1ccncn1. The van der Waals surface area contributed by atoms with E-state index in [-0.39, 0.29) is 12.0 Å². The maximum absolute atomic E-state index is 11.9. The molecule has 22 heavy (non-hydrogen) atoms. The van der Waals surface area contributed by atoms with Crippen molar-refractivity contribution in [1.82, 2.24) is 25.3 Å². The molecule has 0 spiro atoms. The van der Waals surface area contributed by atoms with Crippen LogP contribution in [0.4, 0.5) is 0 Å². The van der Waals surface area contributed by atoms with Gasteiger partial charge in [-0.2, -0.15) is 0 Å². The van der Waals surface area contributed by atoms with E-state index in [9.17, 15) is 4.79 Å². The minimum Gasteiger partial charge on any atom is -0.370 e. The van der Waals surface area contributed by atoms with Crippen LogP contribution in [0.2, 0.25) is 0 Å². The van der Waals surface area contributed by atoms with Crippen molar-refractivity contribution in [2.75, 3.05) is 6.61 Å². The van der Waals surface area contributed by atoms with E-state index in [1.165, 1.54) is 12.5 Å². The second kappa shape index (κ2) is 7.04. The van der Waals surface area contributed by atoms with Gasteiger partial charge < -0.3 is 10.1 Å². The van der Waals surface area contributed by atoms with Crippen LogP contribution in [-0.2, 0) is 11.3 Å². The predicted octanol–water partition coefficient (Wildman–Crippen LogP) is 1.44. The molecule has 0 aromatic carbocycles. The minimum atomic E-state index is -0.248. The lowest BCUT2D eigenvalue weighted by Crippen LogP contribution is -2.24. The van der Waals surface area contributed by atoms with Crippen LogP contribution in [0.25, 0.3) is 0 Å². The Morgan fingerprint density at radius 3 is 2.82 bits per heavy atom. The third kappa shape index (κ3) is 3.62. The fraction of sp³-hybridized carbons (Fsp3) is 0.400. The van der Waals surface area contributed by atoms with Gasteiger partial charge in [0.2, 0.25) is 0 Å². The fourth-order valence-electron chi connectivity index (χ4n) is 2.26. The van der Waals surface area contributed by atoms with Gasteiger partial charge in [0.1, 0.15) is 18.1 Å². The number of carbonyl (C=O) groups is 1. The van der Waals surface area contributed by atoms with Crippen LogP contribution in [0.1, 0.15) is 47.2 Å². The Morgan fingerprint density at radius 2 is 2.14 bits per heavy atom. The highest BCUT2D eigenvalue weighted by Gasteiger charge is 2.18. The number of aromatic nitrogens is 4. The number of amides is 1. The van der Waals surface area contributed by atoms with Crippen LogP contribution in [0, 0.1) is 0 Å². The van der Waals surface area contributed by atoms with Crippen molar-refractivity contribution in [3.05, 3.63) is 48.1 Å². The van der Waals surface area contributed by atoms with Gasteiger partial charge >= 0.3 is 0 Å². The Labute approximate surface area is 128 Å². The Morgan fingerprint density at radius 1 is 1.27 bits per heavy atom. The van der Waals surface area contributed by atoms with Crippen molar-refractivity contribution in [2.24, 2.45) is 0 Å². The Bertz CT molecular complexity index is 612. The quantitative estimate of drug-likeness (QED) is 0.918. The molecule has 1 fully saturated rings. The highest BCUT2D eigenvalue weighted by Crippen LogP contribution is 2.24. The number of rotatable bonds is 4. The normalized spacial score (nSPS) is 17.9. The summed E-state index contributed by atoms with van der Waals surface area (Å²) in [6.07, 6.45) is 9.53. The zero-order valence-corrected chi connectivity index (χ0v) is 12.1. The minimum absolute atomic E-state index is 0.00147. The standard InChI is InChI=1S/C15H17N5O2/c21-15(12-4-5-16-10-20-12)19-9-11-7-17-14(18-8-11)13-3-1-2-6-22-13/h4-5,7-8,10,13H,1-3,6,9H2,(H,19,21). The van der Waals surface area contributed by atoms with Gasteiger partial charge in [0, 0.05) is 37.3 Å². The maximum atomic E-state index is 11.9. The molecular weight excluding hydrogens is 282 g/mol. The van der Waals surface area contributed by atoms with E-state index in [0.717, 1.165) is 31.4 Å². The molecule has 0 saturated carbocycles. The smallest absolute Gasteiger partial charge is 0.270 e. The molecule has 3 heterocycles. The van der Waals surface area contributed by atoms with Crippen molar-refractivity contribution < 1.29 is 9.53 Å². The number of hydrogen-bond donors (Lipinski definition) is 1. The van der Waals surface area contributed by atoms with Gasteiger partial charge in [-0.25, -0.2) is 19.9 Å². The highest BCUT2D eigenvalue weighted by atomic mass is 16.5. The van der Waals surface area contributed by atoms with Crippen LogP contribution < -0.4 is 5.32 Å². The van der Waals surface area contributed by atoms with E-state index in [1.54, 1.807) is 18.5 Å². The van der Waals surface area contributed by atoms with Gasteiger partial charge in [0.05, 0.1) is 0 Å². The van der Waals surface area contributed by atoms with Crippen molar-refractivity contribution in [1.29, 1.82) is 0 Å². The van der Waals surface area contributed by atoms with Crippen molar-refractivity contribution in [3.8, 4) is 0 Å². The van der Waals surface area contributed by atoms with Gasteiger partial charge in [-0.1, -0.05) is 0 Å². The molecule has 2 aromatic rings. The monoisotopic (exact) mass is 299 g/mol. The summed E-state index contributed by atoms with van der Waals surface area (Å²) in [7, 11) is 0. The molecule has 7 nitrogen and oxygen atoms in total. The van der Waals surface area contributed by atoms with Gasteiger partial charge in [-0.05, 0) is 25.3 Å². The summed E-state index contributed by atoms with van der Waals surface area (Å²) < 4.78 is 5.65. The zero-order chi connectivity index (χ0) is 15.2. The molecule has 1 aliphatic heterocycles. The molecule has 1 unspecified atom stereocenters. The van der Waals surface area contributed by atoms with Crippen LogP contribution in [0.3, 0.4) is 0 Å². The third-order valence-electron chi connectivity index (χ3n) is 3.46. The highest BCUT2D eigenvalue weighted by molar-refractivity contribution is 5.91. The molecule has 0 aliphatic carbocycles. The summed E-state index contributed by atoms with van der Waals surface area (Å²) in [6, 6.07) is 1.56. The number of hydrogen-bond acceptors (Lipinski definition) is 6. The van der Waals surface area contributed by atoms with Gasteiger partial charge in [-0.3, -0.25) is 4.79 Å². The zero-order valence-electron chi connectivity index (χ0n) is 12.1. The summed E-state index contributed by atoms with van der Waals surface area (Å²) in [4.78, 5) is 28.2. The van der Waals surface area contributed by atoms with Crippen LogP contribution in [0.15, 0.2) is 31.0 Å². The van der Waals surface area contributed by atoms with E-state index < -0.39 is 0 Å². The molecular formula is C15H17N5O2. The molecule has 1 amide bonds. The molecule has 1 N–H and O–H groups in total. The van der Waals surface area contributed by atoms with Crippen molar-refractivity contribution >= 4 is 5.91 Å². The Balaban J connectivity index is 1.56. The van der Waals surface area contributed by atoms with Crippen LogP contribution in [-0.4, -0.2) is 32.4 Å². The van der Waals surface area contributed by atoms with Crippen LogP contribution in [0.5, 0.6) is 0 Å². The third-order valence-corrected chi connectivity index (χ3v) is 3.46. The predicted molar refractivity (Wildman–Crippen MR) is 77.8 cm³/mol. The molecule has 2 aromatic heterocycles. The number of carbonyl (C=O) groups excluding carboxylic acids is 1. The summed E-state index contributed by atoms with van der Waals surface area (Å²) in [5, 5.41) is 2.77. The largest absolute Gasteiger partial charge is 0.370 e. The summed E-state index contributed by atoms with van der Waals surface area (Å²) in [5.41, 5.74) is 1.17. The fourth-order valence-corrected chi connectivity index (χ4v) is 2.26. The van der Waals surface area contributed by atoms with Crippen LogP contribution >= 0.6 is 0 Å². The van der Waals surface area contributed by atoms with E-state index >= 15 is 0 Å².